The van der Waals surface area contributed by atoms with E-state index in [0.29, 0.717) is 22.6 Å². The van der Waals surface area contributed by atoms with Crippen molar-refractivity contribution >= 4 is 15.2 Å². The molecule has 0 fully saturated rings. The summed E-state index contributed by atoms with van der Waals surface area (Å²) in [5.41, 5.74) is -7.43. The van der Waals surface area contributed by atoms with E-state index in [-0.39, 0.29) is 39.6 Å². The summed E-state index contributed by atoms with van der Waals surface area (Å²) in [5, 5.41) is 0. The van der Waals surface area contributed by atoms with Crippen LogP contribution in [0.5, 0.6) is 11.5 Å². The summed E-state index contributed by atoms with van der Waals surface area (Å²) in [5.74, 6) is 0.979. The highest BCUT2D eigenvalue weighted by Crippen LogP contribution is 2.67. The maximum atomic E-state index is 14.9. The Labute approximate surface area is 254 Å². The number of hydrogen-bond donors (Lipinski definition) is 0. The Kier molecular flexibility index (Phi) is 12.6. The van der Waals surface area contributed by atoms with Gasteiger partial charge < -0.3 is 27.6 Å². The summed E-state index contributed by atoms with van der Waals surface area (Å²) in [6.45, 7) is 5.25. The molecule has 0 heterocycles. The molecule has 14 heteroatoms. The lowest BCUT2D eigenvalue weighted by Gasteiger charge is -2.26. The maximum absolute atomic E-state index is 14.9. The smallest absolute Gasteiger partial charge is 0.404 e. The van der Waals surface area contributed by atoms with Crippen LogP contribution in [-0.2, 0) is 51.8 Å². The molecule has 0 aliphatic rings. The zero-order chi connectivity index (χ0) is 32.4. The highest BCUT2D eigenvalue weighted by Gasteiger charge is 2.55. The third kappa shape index (κ3) is 8.30. The van der Waals surface area contributed by atoms with Gasteiger partial charge in [-0.25, -0.2) is 0 Å². The third-order valence-electron chi connectivity index (χ3n) is 6.12. The fourth-order valence-electron chi connectivity index (χ4n) is 3.96. The van der Waals surface area contributed by atoms with E-state index in [1.54, 1.807) is 24.3 Å². The predicted octanol–water partition coefficient (Wildman–Crippen LogP) is 9.48. The van der Waals surface area contributed by atoms with E-state index in [1.807, 2.05) is 0 Å². The summed E-state index contributed by atoms with van der Waals surface area (Å²) in [4.78, 5) is 0. The minimum Gasteiger partial charge on any atom is -0.489 e. The predicted molar refractivity (Wildman–Crippen MR) is 157 cm³/mol. The molecule has 0 unspecified atom stereocenters. The van der Waals surface area contributed by atoms with E-state index in [9.17, 15) is 26.7 Å². The quantitative estimate of drug-likeness (QED) is 0.0983. The Balaban J connectivity index is 1.56. The van der Waals surface area contributed by atoms with Crippen LogP contribution in [0.25, 0.3) is 0 Å². The monoisotopic (exact) mass is 662 g/mol. The van der Waals surface area contributed by atoms with Crippen LogP contribution in [-0.4, -0.2) is 26.4 Å². The van der Waals surface area contributed by atoms with Crippen molar-refractivity contribution in [1.29, 1.82) is 0 Å². The van der Waals surface area contributed by atoms with Gasteiger partial charge in [0.05, 0.1) is 26.4 Å². The summed E-state index contributed by atoms with van der Waals surface area (Å²) in [6.07, 6.45) is 0. The molecule has 0 saturated heterocycles. The lowest BCUT2D eigenvalue weighted by molar-refractivity contribution is 0.0360. The lowest BCUT2D eigenvalue weighted by Crippen LogP contribution is -2.18. The van der Waals surface area contributed by atoms with Crippen LogP contribution in [0.2, 0.25) is 0 Å². The zero-order valence-corrected chi connectivity index (χ0v) is 26.6. The topological polar surface area (TPSA) is 89.5 Å². The van der Waals surface area contributed by atoms with Crippen molar-refractivity contribution in [2.45, 2.75) is 52.2 Å². The minimum atomic E-state index is -4.70. The van der Waals surface area contributed by atoms with Crippen LogP contribution in [0.4, 0.5) is 17.6 Å². The fraction of sp³-hybridized carbons (Fsp3) is 0.400. The van der Waals surface area contributed by atoms with Crippen LogP contribution in [0.15, 0.2) is 72.8 Å². The molecule has 0 aliphatic heterocycles. The van der Waals surface area contributed by atoms with Gasteiger partial charge in [-0.2, -0.15) is 17.6 Å². The number of alkyl halides is 4. The Morgan fingerprint density at radius 2 is 0.773 bits per heavy atom. The second kappa shape index (κ2) is 15.5. The van der Waals surface area contributed by atoms with Crippen LogP contribution in [0, 0.1) is 0 Å². The molecule has 0 saturated carbocycles. The molecule has 3 aromatic rings. The first-order valence-corrected chi connectivity index (χ1v) is 17.0. The van der Waals surface area contributed by atoms with E-state index < -0.39 is 37.6 Å². The van der Waals surface area contributed by atoms with E-state index in [0.717, 1.165) is 24.3 Å². The van der Waals surface area contributed by atoms with Crippen LogP contribution >= 0.6 is 15.2 Å². The van der Waals surface area contributed by atoms with Gasteiger partial charge in [-0.15, -0.1) is 0 Å². The highest BCUT2D eigenvalue weighted by molar-refractivity contribution is 7.55. The molecule has 242 valence electrons. The van der Waals surface area contributed by atoms with Gasteiger partial charge in [-0.05, 0) is 63.1 Å². The molecule has 0 bridgehead atoms. The number of ether oxygens (including phenoxy) is 2. The van der Waals surface area contributed by atoms with Crippen LogP contribution in [0.3, 0.4) is 0 Å². The molecule has 0 N–H and O–H groups in total. The molecule has 0 radical (unpaired) electrons. The first-order chi connectivity index (χ1) is 20.9. The lowest BCUT2D eigenvalue weighted by atomic mass is 10.1. The van der Waals surface area contributed by atoms with Gasteiger partial charge in [0.15, 0.2) is 0 Å². The van der Waals surface area contributed by atoms with Gasteiger partial charge in [-0.3, -0.25) is 9.13 Å². The highest BCUT2D eigenvalue weighted by atomic mass is 31.2. The van der Waals surface area contributed by atoms with Crippen molar-refractivity contribution in [1.82, 2.24) is 0 Å². The average molecular weight is 663 g/mol. The molecule has 0 aliphatic carbocycles. The van der Waals surface area contributed by atoms with Crippen molar-refractivity contribution in [3.05, 3.63) is 95.1 Å². The van der Waals surface area contributed by atoms with Crippen molar-refractivity contribution in [3.8, 4) is 11.5 Å². The molecule has 44 heavy (non-hydrogen) atoms. The number of halogens is 4. The standard InChI is InChI=1S/C30H36F4O8P2/c1-5-39-43(35,40-6-2)29(31,32)25-13-9-23(10-14-25)21-37-27-17-19-28(20-18-27)38-22-24-11-15-26(16-12-24)30(33,34)44(36,41-7-3)42-8-4/h9-20H,5-8,21-22H2,1-4H3. The Morgan fingerprint density at radius 3 is 1.02 bits per heavy atom. The first kappa shape index (κ1) is 35.8. The fourth-order valence-corrected chi connectivity index (χ4v) is 7.05. The summed E-state index contributed by atoms with van der Waals surface area (Å²) >= 11 is 0. The van der Waals surface area contributed by atoms with Gasteiger partial charge in [0, 0.05) is 11.1 Å². The molecule has 0 spiro atoms. The van der Waals surface area contributed by atoms with Crippen LogP contribution in [0.1, 0.15) is 49.9 Å². The largest absolute Gasteiger partial charge is 0.489 e. The summed E-state index contributed by atoms with van der Waals surface area (Å²) < 4.78 is 116. The summed E-state index contributed by atoms with van der Waals surface area (Å²) in [6, 6.07) is 17.0. The van der Waals surface area contributed by atoms with Gasteiger partial charge in [0.2, 0.25) is 0 Å². The summed E-state index contributed by atoms with van der Waals surface area (Å²) in [7, 11) is -9.40. The van der Waals surface area contributed by atoms with E-state index >= 15 is 0 Å². The zero-order valence-electron chi connectivity index (χ0n) is 24.8. The second-order valence-electron chi connectivity index (χ2n) is 9.19. The molecule has 3 aromatic carbocycles. The van der Waals surface area contributed by atoms with E-state index in [4.69, 9.17) is 27.6 Å². The van der Waals surface area contributed by atoms with Gasteiger partial charge in [-0.1, -0.05) is 48.5 Å². The Hall–Kier alpha value is -2.72. The van der Waals surface area contributed by atoms with Gasteiger partial charge >= 0.3 is 26.5 Å². The molecular formula is C30H36F4O8P2. The van der Waals surface area contributed by atoms with E-state index in [2.05, 4.69) is 0 Å². The molecule has 0 aromatic heterocycles. The second-order valence-corrected chi connectivity index (χ2v) is 13.3. The Morgan fingerprint density at radius 1 is 0.500 bits per heavy atom. The molecule has 0 amide bonds. The van der Waals surface area contributed by atoms with Crippen molar-refractivity contribution < 1.29 is 54.3 Å². The third-order valence-corrected chi connectivity index (χ3v) is 10.4. The number of hydrogen-bond acceptors (Lipinski definition) is 8. The van der Waals surface area contributed by atoms with Crippen molar-refractivity contribution in [2.24, 2.45) is 0 Å². The van der Waals surface area contributed by atoms with Gasteiger partial charge in [0.1, 0.15) is 24.7 Å². The molecular weight excluding hydrogens is 626 g/mol. The molecule has 0 atom stereocenters. The van der Waals surface area contributed by atoms with Gasteiger partial charge in [0.25, 0.3) is 0 Å². The number of rotatable bonds is 18. The Bertz CT molecular complexity index is 1290. The molecule has 8 nitrogen and oxygen atoms in total. The molecule has 3 rings (SSSR count). The van der Waals surface area contributed by atoms with Crippen molar-refractivity contribution in [3.63, 3.8) is 0 Å². The SMILES string of the molecule is CCOP(=O)(OCC)C(F)(F)c1ccc(COc2ccc(OCc3ccc(C(F)(F)P(=O)(OCC)OCC)cc3)cc2)cc1. The maximum Gasteiger partial charge on any atom is 0.404 e. The van der Waals surface area contributed by atoms with Crippen LogP contribution < -0.4 is 9.47 Å². The normalized spacial score (nSPS) is 12.7. The average Bonchev–Trinajstić information content (AvgIpc) is 3.00. The van der Waals surface area contributed by atoms with Crippen molar-refractivity contribution in [2.75, 3.05) is 26.4 Å². The number of benzene rings is 3. The van der Waals surface area contributed by atoms with E-state index in [1.165, 1.54) is 52.0 Å². The first-order valence-electron chi connectivity index (χ1n) is 13.9. The minimum absolute atomic E-state index is 0.0805.